The van der Waals surface area contributed by atoms with Crippen LogP contribution in [0.4, 0.5) is 13.2 Å². The molecule has 0 aromatic carbocycles. The molecule has 1 aromatic heterocycles. The van der Waals surface area contributed by atoms with Crippen molar-refractivity contribution in [3.05, 3.63) is 29.6 Å². The normalized spacial score (nSPS) is 12.8. The van der Waals surface area contributed by atoms with Gasteiger partial charge in [0.25, 0.3) is 5.91 Å². The zero-order valence-corrected chi connectivity index (χ0v) is 9.86. The number of rotatable bonds is 4. The predicted octanol–water partition coefficient (Wildman–Crippen LogP) is 1.53. The van der Waals surface area contributed by atoms with Crippen molar-refractivity contribution in [3.8, 4) is 0 Å². The Morgan fingerprint density at radius 1 is 1.47 bits per heavy atom. The summed E-state index contributed by atoms with van der Waals surface area (Å²) < 4.78 is 36.5. The van der Waals surface area contributed by atoms with Gasteiger partial charge < -0.3 is 10.4 Å². The summed E-state index contributed by atoms with van der Waals surface area (Å²) in [5.41, 5.74) is 0.340. The van der Waals surface area contributed by atoms with Crippen molar-refractivity contribution in [1.29, 1.82) is 0 Å². The number of pyridine rings is 1. The number of carboxylic acids is 1. The second kappa shape index (κ2) is 5.68. The van der Waals surface area contributed by atoms with Crippen LogP contribution in [0.15, 0.2) is 18.3 Å². The topological polar surface area (TPSA) is 79.3 Å². The molecule has 1 aromatic rings. The third-order valence-corrected chi connectivity index (χ3v) is 2.26. The van der Waals surface area contributed by atoms with Gasteiger partial charge >= 0.3 is 12.1 Å². The first-order valence-electron chi connectivity index (χ1n) is 5.23. The fourth-order valence-electron chi connectivity index (χ4n) is 1.38. The van der Waals surface area contributed by atoms with Gasteiger partial charge in [0.2, 0.25) is 0 Å². The third kappa shape index (κ3) is 4.57. The molecule has 0 spiro atoms. The number of aliphatic carboxylic acids is 1. The van der Waals surface area contributed by atoms with E-state index in [0.29, 0.717) is 5.56 Å². The van der Waals surface area contributed by atoms with Crippen molar-refractivity contribution in [2.24, 2.45) is 0 Å². The van der Waals surface area contributed by atoms with Crippen LogP contribution in [0.1, 0.15) is 22.5 Å². The number of amides is 1. The highest BCUT2D eigenvalue weighted by Crippen LogP contribution is 2.21. The van der Waals surface area contributed by atoms with Gasteiger partial charge in [-0.2, -0.15) is 13.2 Å². The highest BCUT2D eigenvalue weighted by Gasteiger charge is 2.36. The van der Waals surface area contributed by atoms with Gasteiger partial charge in [-0.1, -0.05) is 6.07 Å². The van der Waals surface area contributed by atoms with Crippen molar-refractivity contribution < 1.29 is 27.9 Å². The maximum absolute atomic E-state index is 12.2. The van der Waals surface area contributed by atoms with Crippen molar-refractivity contribution in [2.45, 2.75) is 25.6 Å². The molecule has 0 aliphatic rings. The molecule has 0 radical (unpaired) electrons. The van der Waals surface area contributed by atoms with E-state index in [-0.39, 0.29) is 5.69 Å². The molecule has 1 unspecified atom stereocenters. The number of carbonyl (C=O) groups is 2. The summed E-state index contributed by atoms with van der Waals surface area (Å²) in [6.45, 7) is 1.54. The van der Waals surface area contributed by atoms with Gasteiger partial charge in [-0.3, -0.25) is 9.78 Å². The standard InChI is InChI=1S/C11H11F3N2O3/c1-6-3-2-4-15-8(6)9(17)16-7(10(18)19)5-11(12,13)14/h2-4,7H,5H2,1H3,(H,16,17)(H,18,19). The number of carboxylic acid groups (broad SMARTS) is 1. The highest BCUT2D eigenvalue weighted by molar-refractivity contribution is 5.96. The monoisotopic (exact) mass is 276 g/mol. The summed E-state index contributed by atoms with van der Waals surface area (Å²) in [5, 5.41) is 10.5. The minimum atomic E-state index is -4.69. The molecule has 0 bridgehead atoms. The molecule has 1 heterocycles. The van der Waals surface area contributed by atoms with Crippen molar-refractivity contribution in [1.82, 2.24) is 10.3 Å². The fraction of sp³-hybridized carbons (Fsp3) is 0.364. The molecular weight excluding hydrogens is 265 g/mol. The lowest BCUT2D eigenvalue weighted by Gasteiger charge is -2.16. The zero-order chi connectivity index (χ0) is 14.6. The van der Waals surface area contributed by atoms with E-state index in [0.717, 1.165) is 0 Å². The maximum Gasteiger partial charge on any atom is 0.391 e. The molecule has 2 N–H and O–H groups in total. The molecule has 104 valence electrons. The molecule has 19 heavy (non-hydrogen) atoms. The lowest BCUT2D eigenvalue weighted by atomic mass is 10.1. The second-order valence-electron chi connectivity index (χ2n) is 3.85. The first kappa shape index (κ1) is 14.9. The van der Waals surface area contributed by atoms with Crippen molar-refractivity contribution >= 4 is 11.9 Å². The Bertz CT molecular complexity index is 488. The number of aryl methyl sites for hydroxylation is 1. The summed E-state index contributed by atoms with van der Waals surface area (Å²) >= 11 is 0. The number of halogens is 3. The molecule has 0 saturated carbocycles. The highest BCUT2D eigenvalue weighted by atomic mass is 19.4. The SMILES string of the molecule is Cc1cccnc1C(=O)NC(CC(F)(F)F)C(=O)O. The molecule has 1 rings (SSSR count). The number of nitrogens with one attached hydrogen (secondary N) is 1. The van der Waals surface area contributed by atoms with E-state index in [1.807, 2.05) is 5.32 Å². The molecular formula is C11H11F3N2O3. The Balaban J connectivity index is 2.83. The van der Waals surface area contributed by atoms with Crippen LogP contribution >= 0.6 is 0 Å². The number of hydrogen-bond acceptors (Lipinski definition) is 3. The van der Waals surface area contributed by atoms with E-state index in [1.165, 1.54) is 6.20 Å². The molecule has 0 fully saturated rings. The van der Waals surface area contributed by atoms with E-state index in [4.69, 9.17) is 5.11 Å². The van der Waals surface area contributed by atoms with Crippen LogP contribution in [0, 0.1) is 6.92 Å². The summed E-state index contributed by atoms with van der Waals surface area (Å²) in [7, 11) is 0. The van der Waals surface area contributed by atoms with Crippen molar-refractivity contribution in [2.75, 3.05) is 0 Å². The molecule has 1 atom stereocenters. The molecule has 8 heteroatoms. The third-order valence-electron chi connectivity index (χ3n) is 2.26. The molecule has 0 aliphatic heterocycles. The molecule has 0 saturated heterocycles. The Kier molecular flexibility index (Phi) is 4.47. The Hall–Kier alpha value is -2.12. The molecule has 1 amide bonds. The number of nitrogens with zero attached hydrogens (tertiary/aromatic N) is 1. The van der Waals surface area contributed by atoms with Crippen LogP contribution in [0.2, 0.25) is 0 Å². The van der Waals surface area contributed by atoms with Gasteiger partial charge in [-0.15, -0.1) is 0 Å². The van der Waals surface area contributed by atoms with Gasteiger partial charge in [0.1, 0.15) is 11.7 Å². The van der Waals surface area contributed by atoms with E-state index in [2.05, 4.69) is 4.98 Å². The minimum Gasteiger partial charge on any atom is -0.480 e. The Labute approximate surface area is 106 Å². The van der Waals surface area contributed by atoms with Crippen LogP contribution in [0.25, 0.3) is 0 Å². The Morgan fingerprint density at radius 3 is 2.58 bits per heavy atom. The minimum absolute atomic E-state index is 0.101. The van der Waals surface area contributed by atoms with Crippen molar-refractivity contribution in [3.63, 3.8) is 0 Å². The molecule has 0 aliphatic carbocycles. The fourth-order valence-corrected chi connectivity index (χ4v) is 1.38. The van der Waals surface area contributed by atoms with Crippen LogP contribution in [0.5, 0.6) is 0 Å². The van der Waals surface area contributed by atoms with Gasteiger partial charge in [0.15, 0.2) is 0 Å². The summed E-state index contributed by atoms with van der Waals surface area (Å²) in [5.74, 6) is -2.70. The van der Waals surface area contributed by atoms with E-state index >= 15 is 0 Å². The molecule has 5 nitrogen and oxygen atoms in total. The van der Waals surface area contributed by atoms with Gasteiger partial charge in [0.05, 0.1) is 6.42 Å². The van der Waals surface area contributed by atoms with Gasteiger partial charge in [-0.25, -0.2) is 4.79 Å². The van der Waals surface area contributed by atoms with Gasteiger partial charge in [0, 0.05) is 6.20 Å². The van der Waals surface area contributed by atoms with Crippen LogP contribution in [-0.2, 0) is 4.79 Å². The summed E-state index contributed by atoms with van der Waals surface area (Å²) in [6, 6.07) is 1.06. The van der Waals surface area contributed by atoms with Crippen LogP contribution in [0.3, 0.4) is 0 Å². The largest absolute Gasteiger partial charge is 0.480 e. The van der Waals surface area contributed by atoms with Gasteiger partial charge in [-0.05, 0) is 18.6 Å². The second-order valence-corrected chi connectivity index (χ2v) is 3.85. The van der Waals surface area contributed by atoms with E-state index in [9.17, 15) is 22.8 Å². The predicted molar refractivity (Wildman–Crippen MR) is 58.5 cm³/mol. The number of aromatic nitrogens is 1. The van der Waals surface area contributed by atoms with E-state index in [1.54, 1.807) is 19.1 Å². The Morgan fingerprint density at radius 2 is 2.11 bits per heavy atom. The first-order valence-corrected chi connectivity index (χ1v) is 5.23. The average Bonchev–Trinajstić information content (AvgIpc) is 2.26. The summed E-state index contributed by atoms with van der Waals surface area (Å²) in [6.07, 6.45) is -5.03. The van der Waals surface area contributed by atoms with Crippen LogP contribution < -0.4 is 5.32 Å². The van der Waals surface area contributed by atoms with Crippen LogP contribution in [-0.4, -0.2) is 34.2 Å². The summed E-state index contributed by atoms with van der Waals surface area (Å²) in [4.78, 5) is 26.1. The maximum atomic E-state index is 12.2. The zero-order valence-electron chi connectivity index (χ0n) is 9.86. The smallest absolute Gasteiger partial charge is 0.391 e. The lowest BCUT2D eigenvalue weighted by Crippen LogP contribution is -2.44. The quantitative estimate of drug-likeness (QED) is 0.874. The average molecular weight is 276 g/mol. The number of hydrogen-bond donors (Lipinski definition) is 2. The first-order chi connectivity index (χ1) is 8.70. The van der Waals surface area contributed by atoms with E-state index < -0.39 is 30.5 Å². The number of carbonyl (C=O) groups excluding carboxylic acids is 1. The lowest BCUT2D eigenvalue weighted by molar-refractivity contribution is -0.157. The number of alkyl halides is 3.